The number of benzene rings is 2. The molecular weight excluding hydrogens is 390 g/mol. The number of carboxylic acid groups (broad SMARTS) is 1. The molecule has 1 aromatic heterocycles. The third-order valence-electron chi connectivity index (χ3n) is 4.97. The van der Waals surface area contributed by atoms with Crippen LogP contribution in [0.25, 0.3) is 11.1 Å². The molecule has 5 nitrogen and oxygen atoms in total. The van der Waals surface area contributed by atoms with Crippen LogP contribution in [0.1, 0.15) is 46.6 Å². The third-order valence-corrected chi connectivity index (χ3v) is 4.97. The summed E-state index contributed by atoms with van der Waals surface area (Å²) in [4.78, 5) is 19.4. The van der Waals surface area contributed by atoms with Gasteiger partial charge >= 0.3 is 5.97 Å². The quantitative estimate of drug-likeness (QED) is 0.612. The molecule has 30 heavy (non-hydrogen) atoms. The van der Waals surface area contributed by atoms with Crippen molar-refractivity contribution in [3.8, 4) is 5.75 Å². The Balaban J connectivity index is 1.61. The zero-order valence-electron chi connectivity index (χ0n) is 15.9. The van der Waals surface area contributed by atoms with E-state index in [0.29, 0.717) is 11.4 Å². The summed E-state index contributed by atoms with van der Waals surface area (Å²) in [6.45, 7) is -0.0922. The number of carboxylic acids is 1. The number of rotatable bonds is 6. The molecule has 0 atom stereocenters. The van der Waals surface area contributed by atoms with Gasteiger partial charge in [0.05, 0.1) is 18.1 Å². The molecule has 0 bridgehead atoms. The van der Waals surface area contributed by atoms with E-state index in [9.17, 15) is 18.7 Å². The van der Waals surface area contributed by atoms with Gasteiger partial charge in [0.2, 0.25) is 0 Å². The number of nitrogens with zero attached hydrogens (tertiary/aromatic N) is 2. The zero-order valence-corrected chi connectivity index (χ0v) is 15.9. The van der Waals surface area contributed by atoms with Gasteiger partial charge in [-0.05, 0) is 66.3 Å². The minimum absolute atomic E-state index is 0.0922. The Morgan fingerprint density at radius 1 is 1.07 bits per heavy atom. The first-order valence-electron chi connectivity index (χ1n) is 9.46. The van der Waals surface area contributed by atoms with E-state index in [1.807, 2.05) is 18.2 Å². The first-order valence-corrected chi connectivity index (χ1v) is 9.46. The highest BCUT2D eigenvalue weighted by molar-refractivity contribution is 5.93. The molecule has 3 aromatic rings. The monoisotopic (exact) mass is 408 g/mol. The van der Waals surface area contributed by atoms with Gasteiger partial charge < -0.3 is 9.84 Å². The summed E-state index contributed by atoms with van der Waals surface area (Å²) in [6.07, 6.45) is 5.30. The van der Waals surface area contributed by atoms with E-state index in [1.54, 1.807) is 12.3 Å². The van der Waals surface area contributed by atoms with Crippen molar-refractivity contribution < 1.29 is 23.4 Å². The number of halogens is 2. The molecule has 0 saturated carbocycles. The highest BCUT2D eigenvalue weighted by Crippen LogP contribution is 2.39. The van der Waals surface area contributed by atoms with E-state index in [1.165, 1.54) is 6.20 Å². The first kappa shape index (κ1) is 19.7. The van der Waals surface area contributed by atoms with Gasteiger partial charge in [0.25, 0.3) is 0 Å². The Bertz CT molecular complexity index is 1140. The highest BCUT2D eigenvalue weighted by atomic mass is 19.1. The SMILES string of the molecule is O=C(O)c1cncc(C2=C(c3cccc(OCc4cc(F)ccc4F)c3)CCC2)n1. The van der Waals surface area contributed by atoms with Gasteiger partial charge in [-0.3, -0.25) is 4.98 Å². The summed E-state index contributed by atoms with van der Waals surface area (Å²) in [5, 5.41) is 9.18. The van der Waals surface area contributed by atoms with Crippen molar-refractivity contribution in [1.82, 2.24) is 9.97 Å². The van der Waals surface area contributed by atoms with E-state index >= 15 is 0 Å². The second-order valence-electron chi connectivity index (χ2n) is 6.96. The third kappa shape index (κ3) is 4.20. The Morgan fingerprint density at radius 2 is 1.90 bits per heavy atom. The second-order valence-corrected chi connectivity index (χ2v) is 6.96. The molecule has 1 N–H and O–H groups in total. The van der Waals surface area contributed by atoms with E-state index in [0.717, 1.165) is 54.2 Å². The normalized spacial score (nSPS) is 13.5. The lowest BCUT2D eigenvalue weighted by atomic mass is 10.00. The van der Waals surface area contributed by atoms with E-state index < -0.39 is 17.6 Å². The first-order chi connectivity index (χ1) is 14.5. The number of aromatic carboxylic acids is 1. The molecule has 1 aliphatic rings. The molecule has 7 heteroatoms. The zero-order chi connectivity index (χ0) is 21.1. The molecule has 0 amide bonds. The van der Waals surface area contributed by atoms with E-state index in [4.69, 9.17) is 4.74 Å². The molecular formula is C23H18F2N2O3. The second kappa shape index (κ2) is 8.41. The number of ether oxygens (including phenoxy) is 1. The van der Waals surface area contributed by atoms with Gasteiger partial charge in [-0.25, -0.2) is 18.6 Å². The Hall–Kier alpha value is -3.61. The minimum atomic E-state index is -1.12. The summed E-state index contributed by atoms with van der Waals surface area (Å²) in [5.74, 6) is -1.64. The van der Waals surface area contributed by atoms with Gasteiger partial charge in [0.1, 0.15) is 24.0 Å². The predicted molar refractivity (Wildman–Crippen MR) is 107 cm³/mol. The van der Waals surface area contributed by atoms with Crippen molar-refractivity contribution in [2.75, 3.05) is 0 Å². The molecule has 0 aliphatic heterocycles. The molecule has 0 spiro atoms. The van der Waals surface area contributed by atoms with Gasteiger partial charge in [0, 0.05) is 5.56 Å². The largest absolute Gasteiger partial charge is 0.489 e. The molecule has 1 heterocycles. The highest BCUT2D eigenvalue weighted by Gasteiger charge is 2.20. The van der Waals surface area contributed by atoms with Crippen molar-refractivity contribution >= 4 is 17.1 Å². The maximum Gasteiger partial charge on any atom is 0.356 e. The summed E-state index contributed by atoms with van der Waals surface area (Å²) >= 11 is 0. The maximum absolute atomic E-state index is 13.8. The number of allylic oxidation sites excluding steroid dienone is 2. The van der Waals surface area contributed by atoms with Crippen LogP contribution < -0.4 is 4.74 Å². The summed E-state index contributed by atoms with van der Waals surface area (Å²) < 4.78 is 32.8. The smallest absolute Gasteiger partial charge is 0.356 e. The van der Waals surface area contributed by atoms with Crippen LogP contribution in [0.2, 0.25) is 0 Å². The van der Waals surface area contributed by atoms with Crippen LogP contribution >= 0.6 is 0 Å². The standard InChI is InChI=1S/C23H18F2N2O3/c24-16-7-8-20(25)15(9-16)13-30-17-4-1-3-14(10-17)18-5-2-6-19(18)21-11-26-12-22(27-21)23(28)29/h1,3-4,7-12H,2,5-6,13H2,(H,28,29). The lowest BCUT2D eigenvalue weighted by molar-refractivity contribution is 0.0690. The molecule has 0 fully saturated rings. The van der Waals surface area contributed by atoms with Crippen LogP contribution in [0.5, 0.6) is 5.75 Å². The molecule has 152 valence electrons. The van der Waals surface area contributed by atoms with Crippen molar-refractivity contribution in [2.24, 2.45) is 0 Å². The van der Waals surface area contributed by atoms with Gasteiger partial charge in [-0.15, -0.1) is 0 Å². The van der Waals surface area contributed by atoms with Crippen LogP contribution in [0.15, 0.2) is 54.9 Å². The van der Waals surface area contributed by atoms with Crippen molar-refractivity contribution in [1.29, 1.82) is 0 Å². The van der Waals surface area contributed by atoms with Crippen LogP contribution in [0.3, 0.4) is 0 Å². The van der Waals surface area contributed by atoms with E-state index in [2.05, 4.69) is 9.97 Å². The molecule has 0 unspecified atom stereocenters. The predicted octanol–water partition coefficient (Wildman–Crippen LogP) is 5.13. The number of hydrogen-bond acceptors (Lipinski definition) is 4. The lowest BCUT2D eigenvalue weighted by Gasteiger charge is -2.11. The van der Waals surface area contributed by atoms with Gasteiger partial charge in [-0.1, -0.05) is 12.1 Å². The van der Waals surface area contributed by atoms with Crippen LogP contribution in [-0.2, 0) is 6.61 Å². The van der Waals surface area contributed by atoms with Gasteiger partial charge in [-0.2, -0.15) is 0 Å². The summed E-state index contributed by atoms with van der Waals surface area (Å²) in [6, 6.07) is 10.6. The minimum Gasteiger partial charge on any atom is -0.489 e. The molecule has 4 rings (SSSR count). The molecule has 0 saturated heterocycles. The van der Waals surface area contributed by atoms with Crippen molar-refractivity contribution in [3.63, 3.8) is 0 Å². The fraction of sp³-hybridized carbons (Fsp3) is 0.174. The fourth-order valence-electron chi connectivity index (χ4n) is 3.55. The fourth-order valence-corrected chi connectivity index (χ4v) is 3.55. The van der Waals surface area contributed by atoms with Gasteiger partial charge in [0.15, 0.2) is 5.69 Å². The number of carbonyl (C=O) groups is 1. The van der Waals surface area contributed by atoms with Crippen molar-refractivity contribution in [3.05, 3.63) is 89.0 Å². The van der Waals surface area contributed by atoms with Crippen LogP contribution in [-0.4, -0.2) is 21.0 Å². The molecule has 0 radical (unpaired) electrons. The Labute approximate surface area is 171 Å². The molecule has 2 aromatic carbocycles. The number of hydrogen-bond donors (Lipinski definition) is 1. The number of aromatic nitrogens is 2. The topological polar surface area (TPSA) is 72.3 Å². The Kier molecular flexibility index (Phi) is 5.52. The van der Waals surface area contributed by atoms with Crippen LogP contribution in [0.4, 0.5) is 8.78 Å². The summed E-state index contributed by atoms with van der Waals surface area (Å²) in [5.41, 5.74) is 3.52. The Morgan fingerprint density at radius 3 is 2.73 bits per heavy atom. The van der Waals surface area contributed by atoms with Crippen LogP contribution in [0, 0.1) is 11.6 Å². The lowest BCUT2D eigenvalue weighted by Crippen LogP contribution is -2.03. The average molecular weight is 408 g/mol. The van der Waals surface area contributed by atoms with Crippen molar-refractivity contribution in [2.45, 2.75) is 25.9 Å². The summed E-state index contributed by atoms with van der Waals surface area (Å²) in [7, 11) is 0. The average Bonchev–Trinajstić information content (AvgIpc) is 3.25. The maximum atomic E-state index is 13.8. The van der Waals surface area contributed by atoms with E-state index in [-0.39, 0.29) is 17.9 Å². The molecule has 1 aliphatic carbocycles.